The molecule has 0 unspecified atom stereocenters. The maximum Gasteiger partial charge on any atom is 0.246 e. The van der Waals surface area contributed by atoms with Gasteiger partial charge in [0.2, 0.25) is 11.9 Å². The summed E-state index contributed by atoms with van der Waals surface area (Å²) in [7, 11) is 0. The molecule has 74 valence electrons. The van der Waals surface area contributed by atoms with Gasteiger partial charge in [-0.15, -0.1) is 0 Å². The molecule has 1 N–H and O–H groups in total. The summed E-state index contributed by atoms with van der Waals surface area (Å²) < 4.78 is 18.2. The van der Waals surface area contributed by atoms with Gasteiger partial charge in [-0.05, 0) is 6.07 Å². The molecule has 14 heavy (non-hydrogen) atoms. The van der Waals surface area contributed by atoms with Crippen molar-refractivity contribution in [2.24, 2.45) is 0 Å². The van der Waals surface area contributed by atoms with Gasteiger partial charge < -0.3 is 10.1 Å². The normalized spacial score (nSPS) is 21.8. The number of rotatable bonds is 1. The number of pyridine rings is 1. The number of hydrogen-bond acceptors (Lipinski definition) is 3. The van der Waals surface area contributed by atoms with Crippen LogP contribution in [0.25, 0.3) is 0 Å². The first kappa shape index (κ1) is 9.08. The Morgan fingerprint density at radius 3 is 3.21 bits per heavy atom. The van der Waals surface area contributed by atoms with E-state index in [4.69, 9.17) is 4.74 Å². The molecule has 0 saturated carbocycles. The van der Waals surface area contributed by atoms with Crippen LogP contribution in [0.2, 0.25) is 0 Å². The molecule has 0 aliphatic carbocycles. The predicted molar refractivity (Wildman–Crippen MR) is 45.9 cm³/mol. The fourth-order valence-electron chi connectivity index (χ4n) is 1.37. The number of amides is 1. The second-order valence-corrected chi connectivity index (χ2v) is 3.02. The van der Waals surface area contributed by atoms with E-state index in [0.717, 1.165) is 0 Å². The van der Waals surface area contributed by atoms with Crippen molar-refractivity contribution in [1.29, 1.82) is 0 Å². The van der Waals surface area contributed by atoms with E-state index in [2.05, 4.69) is 10.3 Å². The molecule has 1 saturated heterocycles. The summed E-state index contributed by atoms with van der Waals surface area (Å²) in [5, 5.41) is 2.63. The van der Waals surface area contributed by atoms with E-state index in [1.54, 1.807) is 12.1 Å². The van der Waals surface area contributed by atoms with Crippen molar-refractivity contribution in [3.05, 3.63) is 29.8 Å². The molecule has 1 aliphatic heterocycles. The fraction of sp³-hybridized carbons (Fsp3) is 0.333. The molecule has 0 spiro atoms. The zero-order valence-corrected chi connectivity index (χ0v) is 7.37. The summed E-state index contributed by atoms with van der Waals surface area (Å²) in [6, 6.07) is 2.78. The third-order valence-corrected chi connectivity index (χ3v) is 2.02. The number of hydrogen-bond donors (Lipinski definition) is 1. The largest absolute Gasteiger partial charge is 0.369 e. The molecule has 0 radical (unpaired) electrons. The van der Waals surface area contributed by atoms with Crippen LogP contribution in [0.4, 0.5) is 4.39 Å². The number of halogens is 1. The highest BCUT2D eigenvalue weighted by Gasteiger charge is 2.22. The Hall–Kier alpha value is -1.49. The topological polar surface area (TPSA) is 51.2 Å². The molecule has 1 aliphatic rings. The first-order valence-corrected chi connectivity index (χ1v) is 4.25. The van der Waals surface area contributed by atoms with Gasteiger partial charge in [0, 0.05) is 11.8 Å². The van der Waals surface area contributed by atoms with E-state index in [-0.39, 0.29) is 19.1 Å². The number of carbonyl (C=O) groups is 1. The number of aromatic nitrogens is 1. The smallest absolute Gasteiger partial charge is 0.246 e. The van der Waals surface area contributed by atoms with Gasteiger partial charge in [0.15, 0.2) is 0 Å². The number of ether oxygens (including phenoxy) is 1. The maximum absolute atomic E-state index is 13.2. The van der Waals surface area contributed by atoms with Gasteiger partial charge in [0.25, 0.3) is 0 Å². The molecule has 1 fully saturated rings. The lowest BCUT2D eigenvalue weighted by molar-refractivity contribution is -0.131. The van der Waals surface area contributed by atoms with Gasteiger partial charge in [-0.1, -0.05) is 6.07 Å². The highest BCUT2D eigenvalue weighted by molar-refractivity contribution is 5.78. The molecule has 4 nitrogen and oxygen atoms in total. The molecule has 2 heterocycles. The maximum atomic E-state index is 13.2. The molecule has 1 aromatic rings. The Morgan fingerprint density at radius 2 is 2.50 bits per heavy atom. The van der Waals surface area contributed by atoms with E-state index >= 15 is 0 Å². The Morgan fingerprint density at radius 1 is 1.64 bits per heavy atom. The fourth-order valence-corrected chi connectivity index (χ4v) is 1.37. The van der Waals surface area contributed by atoms with Crippen LogP contribution in [-0.2, 0) is 9.53 Å². The monoisotopic (exact) mass is 196 g/mol. The summed E-state index contributed by atoms with van der Waals surface area (Å²) in [6.07, 6.45) is 1.37. The Balaban J connectivity index is 2.22. The van der Waals surface area contributed by atoms with E-state index in [1.165, 1.54) is 6.20 Å². The van der Waals surface area contributed by atoms with Crippen molar-refractivity contribution < 1.29 is 13.9 Å². The number of nitrogens with zero attached hydrogens (tertiary/aromatic N) is 1. The Kier molecular flexibility index (Phi) is 2.41. The van der Waals surface area contributed by atoms with E-state index < -0.39 is 12.0 Å². The Labute approximate surface area is 80.1 Å². The average molecular weight is 196 g/mol. The van der Waals surface area contributed by atoms with Crippen LogP contribution in [0.5, 0.6) is 0 Å². The summed E-state index contributed by atoms with van der Waals surface area (Å²) >= 11 is 0. The zero-order chi connectivity index (χ0) is 9.97. The molecule has 1 amide bonds. The highest BCUT2D eigenvalue weighted by Crippen LogP contribution is 2.17. The first-order chi connectivity index (χ1) is 6.77. The standard InChI is InChI=1S/C9H9FN2O2/c10-9-6(2-1-3-11-9)7-4-14-5-8(13)12-7/h1-3,7H,4-5H2,(H,12,13)/t7-/m1/s1. The lowest BCUT2D eigenvalue weighted by Crippen LogP contribution is -2.40. The van der Waals surface area contributed by atoms with Gasteiger partial charge in [0.1, 0.15) is 6.61 Å². The molecule has 0 aromatic carbocycles. The van der Waals surface area contributed by atoms with E-state index in [9.17, 15) is 9.18 Å². The Bertz CT molecular complexity index is 356. The average Bonchev–Trinajstić information content (AvgIpc) is 2.18. The van der Waals surface area contributed by atoms with Crippen molar-refractivity contribution in [1.82, 2.24) is 10.3 Å². The predicted octanol–water partition coefficient (Wildman–Crippen LogP) is 0.408. The molecular formula is C9H9FN2O2. The lowest BCUT2D eigenvalue weighted by Gasteiger charge is -2.23. The molecule has 1 aromatic heterocycles. The van der Waals surface area contributed by atoms with Gasteiger partial charge in [-0.25, -0.2) is 4.98 Å². The molecular weight excluding hydrogens is 187 g/mol. The minimum absolute atomic E-state index is 0.0401. The number of carbonyl (C=O) groups excluding carboxylic acids is 1. The van der Waals surface area contributed by atoms with Crippen LogP contribution in [0, 0.1) is 5.95 Å². The number of morpholine rings is 1. The first-order valence-electron chi connectivity index (χ1n) is 4.25. The summed E-state index contributed by atoms with van der Waals surface area (Å²) in [5.74, 6) is -0.798. The van der Waals surface area contributed by atoms with Crippen LogP contribution in [0.3, 0.4) is 0 Å². The van der Waals surface area contributed by atoms with Crippen LogP contribution in [0.1, 0.15) is 11.6 Å². The second kappa shape index (κ2) is 3.71. The zero-order valence-electron chi connectivity index (χ0n) is 7.37. The summed E-state index contributed by atoms with van der Waals surface area (Å²) in [5.41, 5.74) is 0.362. The second-order valence-electron chi connectivity index (χ2n) is 3.02. The number of nitrogens with one attached hydrogen (secondary N) is 1. The van der Waals surface area contributed by atoms with Crippen LogP contribution in [-0.4, -0.2) is 24.1 Å². The molecule has 2 rings (SSSR count). The van der Waals surface area contributed by atoms with Gasteiger partial charge in [0.05, 0.1) is 12.6 Å². The highest BCUT2D eigenvalue weighted by atomic mass is 19.1. The van der Waals surface area contributed by atoms with Crippen molar-refractivity contribution in [2.75, 3.05) is 13.2 Å². The third-order valence-electron chi connectivity index (χ3n) is 2.02. The van der Waals surface area contributed by atoms with Crippen molar-refractivity contribution >= 4 is 5.91 Å². The van der Waals surface area contributed by atoms with Gasteiger partial charge >= 0.3 is 0 Å². The van der Waals surface area contributed by atoms with Crippen LogP contribution < -0.4 is 5.32 Å². The summed E-state index contributed by atoms with van der Waals surface area (Å²) in [4.78, 5) is 14.5. The lowest BCUT2D eigenvalue weighted by atomic mass is 10.1. The van der Waals surface area contributed by atoms with Gasteiger partial charge in [-0.3, -0.25) is 4.79 Å². The molecule has 5 heteroatoms. The van der Waals surface area contributed by atoms with Crippen molar-refractivity contribution in [3.63, 3.8) is 0 Å². The molecule has 0 bridgehead atoms. The van der Waals surface area contributed by atoms with Crippen LogP contribution in [0.15, 0.2) is 18.3 Å². The minimum atomic E-state index is -0.566. The third kappa shape index (κ3) is 1.72. The summed E-state index contributed by atoms with van der Waals surface area (Å²) in [6.45, 7) is 0.326. The van der Waals surface area contributed by atoms with Crippen LogP contribution >= 0.6 is 0 Å². The van der Waals surface area contributed by atoms with Crippen molar-refractivity contribution in [3.8, 4) is 0 Å². The molecule has 1 atom stereocenters. The van der Waals surface area contributed by atoms with Gasteiger partial charge in [-0.2, -0.15) is 4.39 Å². The van der Waals surface area contributed by atoms with E-state index in [1.807, 2.05) is 0 Å². The van der Waals surface area contributed by atoms with E-state index in [0.29, 0.717) is 5.56 Å². The van der Waals surface area contributed by atoms with Crippen molar-refractivity contribution in [2.45, 2.75) is 6.04 Å². The quantitative estimate of drug-likeness (QED) is 0.662. The minimum Gasteiger partial charge on any atom is -0.369 e. The SMILES string of the molecule is O=C1COC[C@H](c2cccnc2F)N1.